The van der Waals surface area contributed by atoms with Gasteiger partial charge in [0.25, 0.3) is 0 Å². The summed E-state index contributed by atoms with van der Waals surface area (Å²) in [5.41, 5.74) is 0.210. The topological polar surface area (TPSA) is 87.7 Å². The van der Waals surface area contributed by atoms with Gasteiger partial charge in [0.1, 0.15) is 6.04 Å². The van der Waals surface area contributed by atoms with E-state index in [0.29, 0.717) is 12.8 Å². The van der Waals surface area contributed by atoms with Gasteiger partial charge >= 0.3 is 12.0 Å². The number of carbonyl (C=O) groups excluding carboxylic acids is 1. The zero-order chi connectivity index (χ0) is 15.1. The van der Waals surface area contributed by atoms with Crippen LogP contribution in [0.15, 0.2) is 18.2 Å². The number of hydrogen-bond acceptors (Lipinski definition) is 3. The molecular weight excluding hydrogens is 267 g/mol. The van der Waals surface area contributed by atoms with E-state index in [1.54, 1.807) is 0 Å². The number of rotatable bonds is 6. The minimum Gasteiger partial charge on any atom is -0.494 e. The fourth-order valence-corrected chi connectivity index (χ4v) is 1.62. The molecule has 0 spiro atoms. The van der Waals surface area contributed by atoms with Crippen molar-refractivity contribution in [3.8, 4) is 5.75 Å². The number of carboxylic acids is 1. The number of aliphatic carboxylic acids is 1. The molecule has 0 aliphatic heterocycles. The summed E-state index contributed by atoms with van der Waals surface area (Å²) in [5, 5.41) is 13.6. The standard InChI is InChI=1S/C13H17FN2O4/c1-3-4-10(12(17)18)16-13(19)15-8-5-6-11(20-2)9(14)7-8/h5-7,10H,3-4H2,1-2H3,(H,17,18)(H2,15,16,19). The molecule has 1 unspecified atom stereocenters. The highest BCUT2D eigenvalue weighted by molar-refractivity contribution is 5.92. The normalized spacial score (nSPS) is 11.6. The fourth-order valence-electron chi connectivity index (χ4n) is 1.62. The van der Waals surface area contributed by atoms with Gasteiger partial charge in [-0.05, 0) is 18.6 Å². The second kappa shape index (κ2) is 7.32. The molecule has 20 heavy (non-hydrogen) atoms. The number of urea groups is 1. The molecule has 1 rings (SSSR count). The predicted octanol–water partition coefficient (Wildman–Crippen LogP) is 2.21. The van der Waals surface area contributed by atoms with Crippen LogP contribution in [0.1, 0.15) is 19.8 Å². The minimum absolute atomic E-state index is 0.0605. The average molecular weight is 284 g/mol. The maximum atomic E-state index is 13.4. The summed E-state index contributed by atoms with van der Waals surface area (Å²) >= 11 is 0. The van der Waals surface area contributed by atoms with Crippen molar-refractivity contribution < 1.29 is 23.8 Å². The number of methoxy groups -OCH3 is 1. The van der Waals surface area contributed by atoms with Crippen LogP contribution in [0.25, 0.3) is 0 Å². The Morgan fingerprint density at radius 3 is 2.65 bits per heavy atom. The largest absolute Gasteiger partial charge is 0.494 e. The van der Waals surface area contributed by atoms with Gasteiger partial charge in [0, 0.05) is 11.8 Å². The van der Waals surface area contributed by atoms with Crippen LogP contribution in [-0.2, 0) is 4.79 Å². The van der Waals surface area contributed by atoms with Gasteiger partial charge in [-0.3, -0.25) is 0 Å². The number of hydrogen-bond donors (Lipinski definition) is 3. The van der Waals surface area contributed by atoms with Crippen LogP contribution < -0.4 is 15.4 Å². The van der Waals surface area contributed by atoms with E-state index in [1.165, 1.54) is 19.2 Å². The third kappa shape index (κ3) is 4.42. The number of amides is 2. The first-order valence-electron chi connectivity index (χ1n) is 6.11. The van der Waals surface area contributed by atoms with Gasteiger partial charge in [0.15, 0.2) is 11.6 Å². The van der Waals surface area contributed by atoms with Crippen molar-refractivity contribution in [1.29, 1.82) is 0 Å². The third-order valence-electron chi connectivity index (χ3n) is 2.59. The summed E-state index contributed by atoms with van der Waals surface area (Å²) in [4.78, 5) is 22.5. The highest BCUT2D eigenvalue weighted by Crippen LogP contribution is 2.20. The number of halogens is 1. The van der Waals surface area contributed by atoms with Crippen LogP contribution in [0.3, 0.4) is 0 Å². The molecule has 1 aromatic carbocycles. The monoisotopic (exact) mass is 284 g/mol. The molecule has 0 heterocycles. The van der Waals surface area contributed by atoms with Crippen molar-refractivity contribution in [2.75, 3.05) is 12.4 Å². The summed E-state index contributed by atoms with van der Waals surface area (Å²) in [6, 6.07) is 2.25. The van der Waals surface area contributed by atoms with Crippen molar-refractivity contribution >= 4 is 17.7 Å². The molecule has 0 aliphatic carbocycles. The van der Waals surface area contributed by atoms with Crippen molar-refractivity contribution in [2.45, 2.75) is 25.8 Å². The summed E-state index contributed by atoms with van der Waals surface area (Å²) in [6.07, 6.45) is 0.939. The smallest absolute Gasteiger partial charge is 0.326 e. The first-order valence-corrected chi connectivity index (χ1v) is 6.11. The average Bonchev–Trinajstić information content (AvgIpc) is 2.38. The lowest BCUT2D eigenvalue weighted by molar-refractivity contribution is -0.139. The zero-order valence-corrected chi connectivity index (χ0v) is 11.3. The van der Waals surface area contributed by atoms with Gasteiger partial charge in [-0.15, -0.1) is 0 Å². The first-order chi connectivity index (χ1) is 9.47. The van der Waals surface area contributed by atoms with Crippen LogP contribution >= 0.6 is 0 Å². The van der Waals surface area contributed by atoms with E-state index in [9.17, 15) is 14.0 Å². The van der Waals surface area contributed by atoms with Crippen LogP contribution in [0.5, 0.6) is 5.75 Å². The third-order valence-corrected chi connectivity index (χ3v) is 2.59. The van der Waals surface area contributed by atoms with E-state index in [-0.39, 0.29) is 11.4 Å². The maximum Gasteiger partial charge on any atom is 0.326 e. The number of carbonyl (C=O) groups is 2. The maximum absolute atomic E-state index is 13.4. The van der Waals surface area contributed by atoms with E-state index in [4.69, 9.17) is 9.84 Å². The lowest BCUT2D eigenvalue weighted by Crippen LogP contribution is -2.42. The van der Waals surface area contributed by atoms with Crippen molar-refractivity contribution in [3.05, 3.63) is 24.0 Å². The summed E-state index contributed by atoms with van der Waals surface area (Å²) in [5.74, 6) is -1.66. The molecule has 2 amide bonds. The summed E-state index contributed by atoms with van der Waals surface area (Å²) in [6.45, 7) is 1.81. The van der Waals surface area contributed by atoms with Crippen LogP contribution in [0.4, 0.5) is 14.9 Å². The molecule has 0 saturated carbocycles. The van der Waals surface area contributed by atoms with Crippen molar-refractivity contribution in [3.63, 3.8) is 0 Å². The summed E-state index contributed by atoms with van der Waals surface area (Å²) in [7, 11) is 1.33. The highest BCUT2D eigenvalue weighted by Gasteiger charge is 2.18. The Labute approximate surface area is 115 Å². The molecule has 0 aliphatic rings. The lowest BCUT2D eigenvalue weighted by Gasteiger charge is -2.14. The quantitative estimate of drug-likeness (QED) is 0.747. The Morgan fingerprint density at radius 1 is 1.45 bits per heavy atom. The van der Waals surface area contributed by atoms with Crippen molar-refractivity contribution in [1.82, 2.24) is 5.32 Å². The van der Waals surface area contributed by atoms with Crippen molar-refractivity contribution in [2.24, 2.45) is 0 Å². The Hall–Kier alpha value is -2.31. The number of anilines is 1. The fraction of sp³-hybridized carbons (Fsp3) is 0.385. The van der Waals surface area contributed by atoms with Gasteiger partial charge in [-0.25, -0.2) is 14.0 Å². The second-order valence-electron chi connectivity index (χ2n) is 4.13. The molecule has 1 aromatic rings. The van der Waals surface area contributed by atoms with E-state index < -0.39 is 23.9 Å². The first kappa shape index (κ1) is 15.7. The number of benzene rings is 1. The number of carboxylic acid groups (broad SMARTS) is 1. The van der Waals surface area contributed by atoms with Gasteiger partial charge in [0.05, 0.1) is 7.11 Å². The Morgan fingerprint density at radius 2 is 2.15 bits per heavy atom. The lowest BCUT2D eigenvalue weighted by atomic mass is 10.2. The number of ether oxygens (including phenoxy) is 1. The minimum atomic E-state index is -1.11. The second-order valence-corrected chi connectivity index (χ2v) is 4.13. The molecular formula is C13H17FN2O4. The van der Waals surface area contributed by atoms with Gasteiger partial charge in [0.2, 0.25) is 0 Å². The molecule has 0 radical (unpaired) electrons. The van der Waals surface area contributed by atoms with E-state index in [2.05, 4.69) is 10.6 Å². The molecule has 1 atom stereocenters. The predicted molar refractivity (Wildman–Crippen MR) is 71.4 cm³/mol. The van der Waals surface area contributed by atoms with E-state index >= 15 is 0 Å². The molecule has 110 valence electrons. The SMILES string of the molecule is CCCC(NC(=O)Nc1ccc(OC)c(F)c1)C(=O)O. The molecule has 0 saturated heterocycles. The number of nitrogens with one attached hydrogen (secondary N) is 2. The Bertz CT molecular complexity index is 493. The molecule has 3 N–H and O–H groups in total. The molecule has 0 fully saturated rings. The summed E-state index contributed by atoms with van der Waals surface area (Å²) < 4.78 is 18.2. The molecule has 6 nitrogen and oxygen atoms in total. The van der Waals surface area contributed by atoms with Gasteiger partial charge in [-0.2, -0.15) is 0 Å². The molecule has 7 heteroatoms. The zero-order valence-electron chi connectivity index (χ0n) is 11.3. The molecule has 0 bridgehead atoms. The van der Waals surface area contributed by atoms with Crippen LogP contribution in [0.2, 0.25) is 0 Å². The van der Waals surface area contributed by atoms with E-state index in [0.717, 1.165) is 6.07 Å². The van der Waals surface area contributed by atoms with Gasteiger partial charge in [-0.1, -0.05) is 13.3 Å². The van der Waals surface area contributed by atoms with Crippen LogP contribution in [0, 0.1) is 5.82 Å². The van der Waals surface area contributed by atoms with Gasteiger partial charge < -0.3 is 20.5 Å². The van der Waals surface area contributed by atoms with E-state index in [1.807, 2.05) is 6.92 Å². The Balaban J connectivity index is 2.66. The Kier molecular flexibility index (Phi) is 5.76. The highest BCUT2D eigenvalue weighted by atomic mass is 19.1. The molecule has 0 aromatic heterocycles. The van der Waals surface area contributed by atoms with Crippen LogP contribution in [-0.4, -0.2) is 30.3 Å².